The zero-order chi connectivity index (χ0) is 9.84. The van der Waals surface area contributed by atoms with E-state index in [2.05, 4.69) is 10.3 Å². The summed E-state index contributed by atoms with van der Waals surface area (Å²) in [6.07, 6.45) is -0.0772. The van der Waals surface area contributed by atoms with Gasteiger partial charge in [0.25, 0.3) is 0 Å². The molecule has 0 aromatic carbocycles. The number of hydrogen-bond donors (Lipinski definition) is 1. The van der Waals surface area contributed by atoms with E-state index < -0.39 is 0 Å². The normalized spacial score (nSPS) is 9.31. The smallest absolute Gasteiger partial charge is 0.188 e. The molecule has 0 radical (unpaired) electrons. The first-order chi connectivity index (χ1) is 6.19. The molecule has 4 nitrogen and oxygen atoms in total. The molecule has 0 aliphatic heterocycles. The lowest BCUT2D eigenvalue weighted by molar-refractivity contribution is 0.100. The summed E-state index contributed by atoms with van der Waals surface area (Å²) in [5.74, 6) is -0.154. The zero-order valence-corrected chi connectivity index (χ0v) is 8.23. The molecule has 68 valence electrons. The maximum absolute atomic E-state index is 11.3. The summed E-state index contributed by atoms with van der Waals surface area (Å²) in [6, 6.07) is 1.83. The van der Waals surface area contributed by atoms with Crippen LogP contribution in [-0.2, 0) is 0 Å². The van der Waals surface area contributed by atoms with E-state index in [4.69, 9.17) is 5.26 Å². The van der Waals surface area contributed by atoms with Gasteiger partial charge in [-0.25, -0.2) is 4.98 Å². The monoisotopic (exact) mass is 195 g/mol. The number of nitrogens with one attached hydrogen (secondary N) is 1. The van der Waals surface area contributed by atoms with Crippen molar-refractivity contribution in [3.63, 3.8) is 0 Å². The van der Waals surface area contributed by atoms with Crippen LogP contribution in [0.3, 0.4) is 0 Å². The Morgan fingerprint density at radius 1 is 1.77 bits per heavy atom. The lowest BCUT2D eigenvalue weighted by atomic mass is 10.2. The average molecular weight is 195 g/mol. The number of nitriles is 1. The van der Waals surface area contributed by atoms with Gasteiger partial charge in [-0.3, -0.25) is 4.79 Å². The van der Waals surface area contributed by atoms with E-state index in [-0.39, 0.29) is 12.2 Å². The van der Waals surface area contributed by atoms with Crippen LogP contribution < -0.4 is 5.32 Å². The van der Waals surface area contributed by atoms with Crippen molar-refractivity contribution in [3.05, 3.63) is 10.6 Å². The Hall–Kier alpha value is -1.41. The molecule has 13 heavy (non-hydrogen) atoms. The fraction of sp³-hybridized carbons (Fsp3) is 0.375. The standard InChI is InChI=1S/C8H9N3OS/c1-5-7(6(12)3-4-9)13-8(10-2)11-5/h3H2,1-2H3,(H,10,11). The minimum absolute atomic E-state index is 0.0772. The molecular formula is C8H9N3OS. The van der Waals surface area contributed by atoms with Crippen LogP contribution in [0.5, 0.6) is 0 Å². The highest BCUT2D eigenvalue weighted by molar-refractivity contribution is 7.17. The third-order valence-corrected chi connectivity index (χ3v) is 2.72. The molecule has 1 aromatic heterocycles. The Balaban J connectivity index is 2.95. The summed E-state index contributed by atoms with van der Waals surface area (Å²) in [6.45, 7) is 1.77. The van der Waals surface area contributed by atoms with Crippen LogP contribution in [0.25, 0.3) is 0 Å². The number of carbonyl (C=O) groups excluding carboxylic acids is 1. The number of Topliss-reactive ketones (excluding diaryl/α,β-unsaturated/α-hetero) is 1. The van der Waals surface area contributed by atoms with Crippen molar-refractivity contribution >= 4 is 22.3 Å². The van der Waals surface area contributed by atoms with Crippen LogP contribution in [0.2, 0.25) is 0 Å². The summed E-state index contributed by atoms with van der Waals surface area (Å²) in [5, 5.41) is 11.9. The highest BCUT2D eigenvalue weighted by atomic mass is 32.1. The molecule has 0 spiro atoms. The third kappa shape index (κ3) is 2.04. The van der Waals surface area contributed by atoms with Crippen molar-refractivity contribution in [2.24, 2.45) is 0 Å². The van der Waals surface area contributed by atoms with Gasteiger partial charge in [0.1, 0.15) is 0 Å². The van der Waals surface area contributed by atoms with Crippen molar-refractivity contribution in [2.45, 2.75) is 13.3 Å². The second kappa shape index (κ2) is 4.01. The number of aryl methyl sites for hydroxylation is 1. The highest BCUT2D eigenvalue weighted by Gasteiger charge is 2.13. The van der Waals surface area contributed by atoms with Gasteiger partial charge in [-0.15, -0.1) is 0 Å². The molecular weight excluding hydrogens is 186 g/mol. The van der Waals surface area contributed by atoms with E-state index in [0.29, 0.717) is 15.7 Å². The number of anilines is 1. The number of rotatable bonds is 3. The molecule has 0 saturated carbocycles. The molecule has 1 rings (SSSR count). The summed E-state index contributed by atoms with van der Waals surface area (Å²) >= 11 is 1.28. The minimum atomic E-state index is -0.154. The molecule has 0 aliphatic rings. The van der Waals surface area contributed by atoms with Crippen LogP contribution in [0.4, 0.5) is 5.13 Å². The zero-order valence-electron chi connectivity index (χ0n) is 7.42. The summed E-state index contributed by atoms with van der Waals surface area (Å²) < 4.78 is 0. The molecule has 0 aliphatic carbocycles. The first-order valence-corrected chi connectivity index (χ1v) is 4.56. The number of hydrogen-bond acceptors (Lipinski definition) is 5. The molecule has 0 unspecified atom stereocenters. The van der Waals surface area contributed by atoms with E-state index in [0.717, 1.165) is 0 Å². The van der Waals surface area contributed by atoms with Crippen LogP contribution in [0, 0.1) is 18.3 Å². The van der Waals surface area contributed by atoms with Gasteiger partial charge in [0.05, 0.1) is 23.1 Å². The van der Waals surface area contributed by atoms with E-state index in [1.54, 1.807) is 14.0 Å². The number of thiazole rings is 1. The van der Waals surface area contributed by atoms with E-state index in [9.17, 15) is 4.79 Å². The van der Waals surface area contributed by atoms with Gasteiger partial charge < -0.3 is 5.32 Å². The molecule has 1 aromatic rings. The number of ketones is 1. The number of aromatic nitrogens is 1. The van der Waals surface area contributed by atoms with Crippen LogP contribution in [0.15, 0.2) is 0 Å². The predicted molar refractivity (Wildman–Crippen MR) is 51.0 cm³/mol. The quantitative estimate of drug-likeness (QED) is 0.744. The lowest BCUT2D eigenvalue weighted by Gasteiger charge is -1.89. The van der Waals surface area contributed by atoms with E-state index >= 15 is 0 Å². The third-order valence-electron chi connectivity index (χ3n) is 1.50. The molecule has 0 amide bonds. The summed E-state index contributed by atoms with van der Waals surface area (Å²) in [5.41, 5.74) is 0.689. The van der Waals surface area contributed by atoms with Crippen molar-refractivity contribution in [3.8, 4) is 6.07 Å². The van der Waals surface area contributed by atoms with Gasteiger partial charge in [0, 0.05) is 7.05 Å². The average Bonchev–Trinajstić information content (AvgIpc) is 2.47. The van der Waals surface area contributed by atoms with E-state index in [1.807, 2.05) is 6.07 Å². The first-order valence-electron chi connectivity index (χ1n) is 3.74. The van der Waals surface area contributed by atoms with Gasteiger partial charge in [-0.2, -0.15) is 5.26 Å². The Morgan fingerprint density at radius 3 is 2.92 bits per heavy atom. The summed E-state index contributed by atoms with van der Waals surface area (Å²) in [4.78, 5) is 16.0. The predicted octanol–water partition coefficient (Wildman–Crippen LogP) is 1.59. The Bertz CT molecular complexity index is 364. The number of nitrogens with zero attached hydrogens (tertiary/aromatic N) is 2. The van der Waals surface area contributed by atoms with Gasteiger partial charge in [-0.1, -0.05) is 11.3 Å². The second-order valence-corrected chi connectivity index (χ2v) is 3.44. The van der Waals surface area contributed by atoms with Crippen molar-refractivity contribution in [1.29, 1.82) is 5.26 Å². The largest absolute Gasteiger partial charge is 0.365 e. The lowest BCUT2D eigenvalue weighted by Crippen LogP contribution is -1.95. The summed E-state index contributed by atoms with van der Waals surface area (Å²) in [7, 11) is 1.75. The van der Waals surface area contributed by atoms with Gasteiger partial charge in [-0.05, 0) is 6.92 Å². The van der Waals surface area contributed by atoms with Crippen molar-refractivity contribution in [1.82, 2.24) is 4.98 Å². The SMILES string of the molecule is CNc1nc(C)c(C(=O)CC#N)s1. The Morgan fingerprint density at radius 2 is 2.46 bits per heavy atom. The molecule has 0 atom stereocenters. The van der Waals surface area contributed by atoms with E-state index in [1.165, 1.54) is 11.3 Å². The molecule has 0 saturated heterocycles. The van der Waals surface area contributed by atoms with Crippen molar-refractivity contribution < 1.29 is 4.79 Å². The molecule has 0 fully saturated rings. The molecule has 1 heterocycles. The fourth-order valence-corrected chi connectivity index (χ4v) is 1.77. The maximum Gasteiger partial charge on any atom is 0.188 e. The maximum atomic E-state index is 11.3. The molecule has 1 N–H and O–H groups in total. The molecule has 0 bridgehead atoms. The Kier molecular flexibility index (Phi) is 2.98. The van der Waals surface area contributed by atoms with Gasteiger partial charge >= 0.3 is 0 Å². The van der Waals surface area contributed by atoms with Gasteiger partial charge in [0.15, 0.2) is 10.9 Å². The molecule has 5 heteroatoms. The Labute approximate surface area is 80.2 Å². The second-order valence-electron chi connectivity index (χ2n) is 2.44. The fourth-order valence-electron chi connectivity index (χ4n) is 0.914. The number of carbonyl (C=O) groups is 1. The highest BCUT2D eigenvalue weighted by Crippen LogP contribution is 2.22. The van der Waals surface area contributed by atoms with Crippen LogP contribution in [0.1, 0.15) is 21.8 Å². The van der Waals surface area contributed by atoms with Crippen LogP contribution in [-0.4, -0.2) is 17.8 Å². The van der Waals surface area contributed by atoms with Crippen molar-refractivity contribution in [2.75, 3.05) is 12.4 Å². The first kappa shape index (κ1) is 9.68. The minimum Gasteiger partial charge on any atom is -0.365 e. The van der Waals surface area contributed by atoms with Gasteiger partial charge in [0.2, 0.25) is 0 Å². The van der Waals surface area contributed by atoms with Crippen LogP contribution >= 0.6 is 11.3 Å². The topological polar surface area (TPSA) is 65.8 Å².